The Labute approximate surface area is 107 Å². The van der Waals surface area contributed by atoms with Crippen LogP contribution in [0.4, 0.5) is 6.01 Å². The summed E-state index contributed by atoms with van der Waals surface area (Å²) in [6.07, 6.45) is 1.73. The van der Waals surface area contributed by atoms with Crippen LogP contribution in [0.3, 0.4) is 0 Å². The summed E-state index contributed by atoms with van der Waals surface area (Å²) < 4.78 is 5.60. The van der Waals surface area contributed by atoms with E-state index in [1.807, 2.05) is 13.8 Å². The number of aliphatic hydroxyl groups excluding tert-OH is 1. The van der Waals surface area contributed by atoms with E-state index in [4.69, 9.17) is 4.42 Å². The predicted octanol–water partition coefficient (Wildman–Crippen LogP) is 0.776. The van der Waals surface area contributed by atoms with Crippen LogP contribution in [0, 0.1) is 5.92 Å². The smallest absolute Gasteiger partial charge is 0.318 e. The molecule has 1 aliphatic heterocycles. The lowest BCUT2D eigenvalue weighted by atomic mass is 9.92. The summed E-state index contributed by atoms with van der Waals surface area (Å²) in [4.78, 5) is 2.10. The molecule has 6 nitrogen and oxygen atoms in total. The highest BCUT2D eigenvalue weighted by molar-refractivity contribution is 5.24. The lowest BCUT2D eigenvalue weighted by Gasteiger charge is -2.31. The molecule has 1 atom stereocenters. The molecule has 1 saturated heterocycles. The van der Waals surface area contributed by atoms with Gasteiger partial charge in [0.1, 0.15) is 0 Å². The van der Waals surface area contributed by atoms with Gasteiger partial charge in [-0.15, -0.1) is 5.10 Å². The molecule has 1 aliphatic rings. The topological polar surface area (TPSA) is 74.4 Å². The molecule has 2 N–H and O–H groups in total. The van der Waals surface area contributed by atoms with E-state index in [1.54, 1.807) is 0 Å². The van der Waals surface area contributed by atoms with Gasteiger partial charge in [0, 0.05) is 13.1 Å². The van der Waals surface area contributed by atoms with Crippen molar-refractivity contribution < 1.29 is 9.52 Å². The minimum atomic E-state index is -0.223. The average molecular weight is 254 g/mol. The van der Waals surface area contributed by atoms with Crippen molar-refractivity contribution in [2.75, 3.05) is 24.5 Å². The first-order chi connectivity index (χ1) is 8.70. The Balaban J connectivity index is 1.87. The fourth-order valence-corrected chi connectivity index (χ4v) is 2.25. The molecule has 0 saturated carbocycles. The van der Waals surface area contributed by atoms with E-state index in [9.17, 15) is 5.11 Å². The maximum absolute atomic E-state index is 9.56. The third-order valence-corrected chi connectivity index (χ3v) is 3.47. The monoisotopic (exact) mass is 254 g/mol. The van der Waals surface area contributed by atoms with Crippen LogP contribution in [0.2, 0.25) is 0 Å². The Kier molecular flexibility index (Phi) is 4.54. The zero-order valence-corrected chi connectivity index (χ0v) is 11.1. The lowest BCUT2D eigenvalue weighted by Crippen LogP contribution is -2.37. The van der Waals surface area contributed by atoms with Gasteiger partial charge in [0.15, 0.2) is 0 Å². The molecular formula is C12H22N4O2. The van der Waals surface area contributed by atoms with Crippen molar-refractivity contribution in [3.8, 4) is 0 Å². The molecular weight excluding hydrogens is 232 g/mol. The van der Waals surface area contributed by atoms with E-state index in [2.05, 4.69) is 20.4 Å². The first-order valence-corrected chi connectivity index (χ1v) is 6.66. The number of rotatable bonds is 5. The van der Waals surface area contributed by atoms with Crippen LogP contribution < -0.4 is 10.2 Å². The highest BCUT2D eigenvalue weighted by Crippen LogP contribution is 2.24. The molecule has 1 fully saturated rings. The van der Waals surface area contributed by atoms with E-state index < -0.39 is 0 Å². The van der Waals surface area contributed by atoms with Gasteiger partial charge in [-0.2, -0.15) is 0 Å². The van der Waals surface area contributed by atoms with E-state index >= 15 is 0 Å². The molecule has 2 rings (SSSR count). The second-order valence-electron chi connectivity index (χ2n) is 4.82. The minimum absolute atomic E-state index is 0.223. The summed E-state index contributed by atoms with van der Waals surface area (Å²) >= 11 is 0. The lowest BCUT2D eigenvalue weighted by molar-refractivity contribution is 0.109. The van der Waals surface area contributed by atoms with Crippen LogP contribution in [-0.2, 0) is 6.54 Å². The van der Waals surface area contributed by atoms with Crippen molar-refractivity contribution in [3.05, 3.63) is 5.89 Å². The molecule has 18 heavy (non-hydrogen) atoms. The van der Waals surface area contributed by atoms with E-state index in [0.29, 0.717) is 24.4 Å². The van der Waals surface area contributed by atoms with Crippen LogP contribution in [0.15, 0.2) is 4.42 Å². The number of anilines is 1. The molecule has 2 heterocycles. The highest BCUT2D eigenvalue weighted by Gasteiger charge is 2.25. The van der Waals surface area contributed by atoms with Gasteiger partial charge in [0.05, 0.1) is 12.6 Å². The highest BCUT2D eigenvalue weighted by atomic mass is 16.4. The Morgan fingerprint density at radius 1 is 1.44 bits per heavy atom. The van der Waals surface area contributed by atoms with Crippen LogP contribution in [0.1, 0.15) is 32.6 Å². The largest absolute Gasteiger partial charge is 0.407 e. The maximum atomic E-state index is 9.56. The quantitative estimate of drug-likeness (QED) is 0.808. The molecule has 0 amide bonds. The van der Waals surface area contributed by atoms with Crippen LogP contribution >= 0.6 is 0 Å². The Hall–Kier alpha value is -1.14. The van der Waals surface area contributed by atoms with E-state index in [1.165, 1.54) is 0 Å². The number of aliphatic hydroxyl groups is 1. The Bertz CT molecular complexity index is 359. The van der Waals surface area contributed by atoms with Crippen molar-refractivity contribution in [1.29, 1.82) is 0 Å². The summed E-state index contributed by atoms with van der Waals surface area (Å²) in [5.41, 5.74) is 0. The Morgan fingerprint density at radius 3 is 2.78 bits per heavy atom. The first-order valence-electron chi connectivity index (χ1n) is 6.66. The number of hydrogen-bond acceptors (Lipinski definition) is 6. The number of aromatic nitrogens is 2. The van der Waals surface area contributed by atoms with Gasteiger partial charge in [-0.05, 0) is 32.2 Å². The molecule has 0 spiro atoms. The van der Waals surface area contributed by atoms with Crippen molar-refractivity contribution in [1.82, 2.24) is 15.5 Å². The van der Waals surface area contributed by atoms with Crippen LogP contribution in [0.25, 0.3) is 0 Å². The summed E-state index contributed by atoms with van der Waals surface area (Å²) in [7, 11) is 0. The Morgan fingerprint density at radius 2 is 2.17 bits per heavy atom. The number of nitrogens with zero attached hydrogens (tertiary/aromatic N) is 3. The molecule has 0 aromatic carbocycles. The van der Waals surface area contributed by atoms with Gasteiger partial charge >= 0.3 is 6.01 Å². The van der Waals surface area contributed by atoms with Gasteiger partial charge < -0.3 is 19.7 Å². The van der Waals surface area contributed by atoms with Gasteiger partial charge in [-0.3, -0.25) is 0 Å². The summed E-state index contributed by atoms with van der Waals surface area (Å²) in [6, 6.07) is 0.604. The number of nitrogens with one attached hydrogen (secondary N) is 1. The van der Waals surface area contributed by atoms with Crippen LogP contribution in [0.5, 0.6) is 0 Å². The normalized spacial score (nSPS) is 19.2. The molecule has 1 aromatic heterocycles. The molecule has 0 radical (unpaired) electrons. The molecule has 0 aliphatic carbocycles. The van der Waals surface area contributed by atoms with E-state index in [-0.39, 0.29) is 6.10 Å². The third-order valence-electron chi connectivity index (χ3n) is 3.47. The summed E-state index contributed by atoms with van der Waals surface area (Å²) in [5.74, 6) is 1.02. The average Bonchev–Trinajstić information content (AvgIpc) is 2.85. The predicted molar refractivity (Wildman–Crippen MR) is 68.3 cm³/mol. The van der Waals surface area contributed by atoms with E-state index in [0.717, 1.165) is 32.5 Å². The minimum Gasteiger partial charge on any atom is -0.407 e. The fourth-order valence-electron chi connectivity index (χ4n) is 2.25. The molecule has 1 unspecified atom stereocenters. The summed E-state index contributed by atoms with van der Waals surface area (Å²) in [6.45, 7) is 7.15. The summed E-state index contributed by atoms with van der Waals surface area (Å²) in [5, 5.41) is 20.8. The zero-order valence-electron chi connectivity index (χ0n) is 11.1. The SMILES string of the molecule is CCNCc1nnc(N2CCC(C(C)O)CC2)o1. The van der Waals surface area contributed by atoms with Crippen molar-refractivity contribution >= 4 is 6.01 Å². The van der Waals surface area contributed by atoms with Gasteiger partial charge in [0.25, 0.3) is 0 Å². The molecule has 0 bridgehead atoms. The second kappa shape index (κ2) is 6.15. The molecule has 102 valence electrons. The molecule has 6 heteroatoms. The second-order valence-corrected chi connectivity index (χ2v) is 4.82. The number of hydrogen-bond donors (Lipinski definition) is 2. The van der Waals surface area contributed by atoms with Gasteiger partial charge in [0.2, 0.25) is 5.89 Å². The number of piperidine rings is 1. The maximum Gasteiger partial charge on any atom is 0.318 e. The van der Waals surface area contributed by atoms with Crippen LogP contribution in [-0.4, -0.2) is 41.0 Å². The standard InChI is InChI=1S/C12H22N4O2/c1-3-13-8-11-14-15-12(18-11)16-6-4-10(5-7-16)9(2)17/h9-10,13,17H,3-8H2,1-2H3. The molecule has 1 aromatic rings. The van der Waals surface area contributed by atoms with Crippen molar-refractivity contribution in [2.45, 2.75) is 39.3 Å². The third kappa shape index (κ3) is 3.20. The fraction of sp³-hybridized carbons (Fsp3) is 0.833. The van der Waals surface area contributed by atoms with Crippen molar-refractivity contribution in [2.24, 2.45) is 5.92 Å². The van der Waals surface area contributed by atoms with Gasteiger partial charge in [-0.25, -0.2) is 0 Å². The zero-order chi connectivity index (χ0) is 13.0. The van der Waals surface area contributed by atoms with Gasteiger partial charge in [-0.1, -0.05) is 12.0 Å². The first kappa shape index (κ1) is 13.3. The van der Waals surface area contributed by atoms with Crippen molar-refractivity contribution in [3.63, 3.8) is 0 Å².